The summed E-state index contributed by atoms with van der Waals surface area (Å²) in [7, 11) is 0. The van der Waals surface area contributed by atoms with Crippen molar-refractivity contribution in [3.05, 3.63) is 78.0 Å². The second-order valence-corrected chi connectivity index (χ2v) is 5.68. The molecule has 0 saturated heterocycles. The normalized spacial score (nSPS) is 11.9. The smallest absolute Gasteiger partial charge is 0.286 e. The molecule has 4 aromatic rings. The van der Waals surface area contributed by atoms with Crippen molar-refractivity contribution < 1.29 is 15.1 Å². The molecule has 0 aliphatic heterocycles. The molecule has 0 atom stereocenters. The van der Waals surface area contributed by atoms with E-state index in [-0.39, 0.29) is 22.9 Å². The van der Waals surface area contributed by atoms with Crippen molar-refractivity contribution >= 4 is 32.9 Å². The minimum atomic E-state index is -0.142. The van der Waals surface area contributed by atoms with Gasteiger partial charge in [-0.1, -0.05) is 54.6 Å². The van der Waals surface area contributed by atoms with E-state index in [1.807, 2.05) is 24.3 Å². The molecule has 0 spiro atoms. The summed E-state index contributed by atoms with van der Waals surface area (Å²) in [5.41, 5.74) is 0.160. The highest BCUT2D eigenvalue weighted by Gasteiger charge is 2.16. The molecule has 5 nitrogen and oxygen atoms in total. The SMILES string of the molecule is [O-][N+](=Nc1ccc2ccccc2c1O)c1ccc2ccccc2c1O. The van der Waals surface area contributed by atoms with Crippen LogP contribution >= 0.6 is 0 Å². The Balaban J connectivity index is 1.85. The quantitative estimate of drug-likeness (QED) is 0.296. The topological polar surface area (TPSA) is 78.9 Å². The van der Waals surface area contributed by atoms with Crippen LogP contribution in [0.1, 0.15) is 0 Å². The first-order chi connectivity index (χ1) is 12.1. The van der Waals surface area contributed by atoms with Gasteiger partial charge in [0.25, 0.3) is 5.69 Å². The van der Waals surface area contributed by atoms with Crippen LogP contribution in [0.2, 0.25) is 0 Å². The third-order valence-electron chi connectivity index (χ3n) is 4.16. The molecule has 122 valence electrons. The average Bonchev–Trinajstić information content (AvgIpc) is 2.64. The van der Waals surface area contributed by atoms with Gasteiger partial charge in [-0.3, -0.25) is 0 Å². The van der Waals surface area contributed by atoms with E-state index < -0.39 is 0 Å². The summed E-state index contributed by atoms with van der Waals surface area (Å²) in [4.78, 5) is 0.325. The first kappa shape index (κ1) is 15.0. The van der Waals surface area contributed by atoms with Gasteiger partial charge in [0.15, 0.2) is 17.2 Å². The monoisotopic (exact) mass is 330 g/mol. The van der Waals surface area contributed by atoms with Gasteiger partial charge in [-0.15, -0.1) is 0 Å². The van der Waals surface area contributed by atoms with Crippen LogP contribution in [0.4, 0.5) is 11.4 Å². The van der Waals surface area contributed by atoms with Gasteiger partial charge in [0.05, 0.1) is 0 Å². The van der Waals surface area contributed by atoms with E-state index in [0.717, 1.165) is 10.8 Å². The molecule has 5 heteroatoms. The largest absolute Gasteiger partial charge is 0.594 e. The number of phenolic OH excluding ortho intramolecular Hbond substituents is 2. The first-order valence-corrected chi connectivity index (χ1v) is 7.75. The molecular weight excluding hydrogens is 316 g/mol. The molecule has 0 bridgehead atoms. The van der Waals surface area contributed by atoms with Crippen molar-refractivity contribution in [3.63, 3.8) is 0 Å². The standard InChI is InChI=1S/C20H14N2O3/c23-19-15-7-3-1-5-13(15)9-11-17(19)21-22(25)18-12-10-14-6-2-4-8-16(14)20(18)24/h1-12,23-24H. The fraction of sp³-hybridized carbons (Fsp3) is 0. The number of benzene rings is 4. The lowest BCUT2D eigenvalue weighted by molar-refractivity contribution is -0.436. The average molecular weight is 330 g/mol. The van der Waals surface area contributed by atoms with Gasteiger partial charge in [-0.05, 0) is 27.8 Å². The van der Waals surface area contributed by atoms with Gasteiger partial charge in [0.1, 0.15) is 0 Å². The van der Waals surface area contributed by atoms with Crippen LogP contribution in [0.5, 0.6) is 11.5 Å². The van der Waals surface area contributed by atoms with Gasteiger partial charge in [-0.2, -0.15) is 0 Å². The highest BCUT2D eigenvalue weighted by atomic mass is 16.5. The Morgan fingerprint density at radius 1 is 0.680 bits per heavy atom. The third-order valence-corrected chi connectivity index (χ3v) is 4.16. The molecule has 25 heavy (non-hydrogen) atoms. The number of hydrogen-bond donors (Lipinski definition) is 2. The molecule has 0 aliphatic carbocycles. The van der Waals surface area contributed by atoms with Crippen LogP contribution < -0.4 is 0 Å². The van der Waals surface area contributed by atoms with E-state index in [1.165, 1.54) is 6.07 Å². The Labute approximate surface area is 143 Å². The zero-order valence-electron chi connectivity index (χ0n) is 13.1. The van der Waals surface area contributed by atoms with E-state index in [4.69, 9.17) is 0 Å². The molecule has 0 fully saturated rings. The molecule has 0 amide bonds. The molecule has 0 radical (unpaired) electrons. The summed E-state index contributed by atoms with van der Waals surface area (Å²) in [5.74, 6) is -0.212. The zero-order chi connectivity index (χ0) is 17.4. The Morgan fingerprint density at radius 3 is 1.92 bits per heavy atom. The maximum Gasteiger partial charge on any atom is 0.286 e. The number of fused-ring (bicyclic) bond motifs is 2. The lowest BCUT2D eigenvalue weighted by Gasteiger charge is -2.06. The maximum absolute atomic E-state index is 12.4. The summed E-state index contributed by atoms with van der Waals surface area (Å²) in [6.07, 6.45) is 0. The van der Waals surface area contributed by atoms with Gasteiger partial charge in [-0.25, -0.2) is 0 Å². The van der Waals surface area contributed by atoms with Crippen molar-refractivity contribution in [1.29, 1.82) is 0 Å². The fourth-order valence-corrected chi connectivity index (χ4v) is 2.87. The number of aromatic hydroxyl groups is 2. The van der Waals surface area contributed by atoms with Crippen molar-refractivity contribution in [1.82, 2.24) is 0 Å². The molecular formula is C20H14N2O3. The Kier molecular flexibility index (Phi) is 3.47. The fourth-order valence-electron chi connectivity index (χ4n) is 2.87. The van der Waals surface area contributed by atoms with E-state index in [1.54, 1.807) is 42.5 Å². The Bertz CT molecular complexity index is 1140. The zero-order valence-corrected chi connectivity index (χ0v) is 13.1. The summed E-state index contributed by atoms with van der Waals surface area (Å²) in [5, 5.41) is 40.0. The molecule has 0 aromatic heterocycles. The summed E-state index contributed by atoms with van der Waals surface area (Å²) in [6, 6.07) is 21.1. The number of phenols is 2. The molecule has 0 saturated carbocycles. The highest BCUT2D eigenvalue weighted by Crippen LogP contribution is 2.38. The highest BCUT2D eigenvalue weighted by molar-refractivity contribution is 5.92. The summed E-state index contributed by atoms with van der Waals surface area (Å²) < 4.78 is 0. The van der Waals surface area contributed by atoms with Crippen molar-refractivity contribution in [3.8, 4) is 11.5 Å². The molecule has 2 N–H and O–H groups in total. The van der Waals surface area contributed by atoms with Crippen LogP contribution in [0, 0.1) is 5.21 Å². The van der Waals surface area contributed by atoms with Crippen LogP contribution in [-0.4, -0.2) is 15.1 Å². The van der Waals surface area contributed by atoms with Crippen LogP contribution in [0.25, 0.3) is 21.5 Å². The van der Waals surface area contributed by atoms with Crippen molar-refractivity contribution in [2.24, 2.45) is 5.11 Å². The summed E-state index contributed by atoms with van der Waals surface area (Å²) >= 11 is 0. The minimum absolute atomic E-state index is 0.0197. The van der Waals surface area contributed by atoms with E-state index in [2.05, 4.69) is 5.11 Å². The molecule has 0 unspecified atom stereocenters. The summed E-state index contributed by atoms with van der Waals surface area (Å²) in [6.45, 7) is 0. The van der Waals surface area contributed by atoms with Crippen LogP contribution in [0.3, 0.4) is 0 Å². The number of azo groups is 1. The van der Waals surface area contributed by atoms with Crippen LogP contribution in [0.15, 0.2) is 77.9 Å². The van der Waals surface area contributed by atoms with Crippen LogP contribution in [-0.2, 0) is 0 Å². The molecule has 4 aromatic carbocycles. The predicted octanol–water partition coefficient (Wildman–Crippen LogP) is 5.33. The Morgan fingerprint density at radius 2 is 1.24 bits per heavy atom. The van der Waals surface area contributed by atoms with Gasteiger partial charge >= 0.3 is 0 Å². The molecule has 4 rings (SSSR count). The molecule has 0 heterocycles. The van der Waals surface area contributed by atoms with Gasteiger partial charge in [0, 0.05) is 22.0 Å². The van der Waals surface area contributed by atoms with Gasteiger partial charge < -0.3 is 15.4 Å². The Hall–Kier alpha value is -3.60. The van der Waals surface area contributed by atoms with Gasteiger partial charge in [0.2, 0.25) is 0 Å². The van der Waals surface area contributed by atoms with E-state index in [0.29, 0.717) is 15.6 Å². The molecule has 0 aliphatic rings. The predicted molar refractivity (Wildman–Crippen MR) is 96.6 cm³/mol. The van der Waals surface area contributed by atoms with Crippen molar-refractivity contribution in [2.45, 2.75) is 0 Å². The second-order valence-electron chi connectivity index (χ2n) is 5.68. The second kappa shape index (κ2) is 5.79. The minimum Gasteiger partial charge on any atom is -0.594 e. The third kappa shape index (κ3) is 2.52. The first-order valence-electron chi connectivity index (χ1n) is 7.75. The van der Waals surface area contributed by atoms with E-state index in [9.17, 15) is 15.4 Å². The maximum atomic E-state index is 12.4. The number of nitrogens with zero attached hydrogens (tertiary/aromatic N) is 2. The van der Waals surface area contributed by atoms with E-state index >= 15 is 0 Å². The lowest BCUT2D eigenvalue weighted by atomic mass is 10.1. The number of rotatable bonds is 2. The number of hydrogen-bond acceptors (Lipinski definition) is 4. The lowest BCUT2D eigenvalue weighted by Crippen LogP contribution is -1.92. The van der Waals surface area contributed by atoms with Crippen molar-refractivity contribution in [2.75, 3.05) is 0 Å².